The van der Waals surface area contributed by atoms with Crippen LogP contribution in [0.5, 0.6) is 0 Å². The molecular formula is C21H19F3N4O. The molecule has 0 amide bonds. The number of rotatable bonds is 3. The molecule has 2 aromatic heterocycles. The molecule has 1 aliphatic heterocycles. The first-order valence-electron chi connectivity index (χ1n) is 9.22. The fourth-order valence-electron chi connectivity index (χ4n) is 3.36. The number of ether oxygens (including phenoxy) is 1. The van der Waals surface area contributed by atoms with Gasteiger partial charge < -0.3 is 9.64 Å². The zero-order valence-electron chi connectivity index (χ0n) is 15.7. The topological polar surface area (TPSA) is 51.1 Å². The van der Waals surface area contributed by atoms with Crippen LogP contribution in [0.4, 0.5) is 19.0 Å². The molecule has 29 heavy (non-hydrogen) atoms. The van der Waals surface area contributed by atoms with Crippen molar-refractivity contribution in [2.75, 3.05) is 18.0 Å². The minimum Gasteiger partial charge on any atom is -0.367 e. The highest BCUT2D eigenvalue weighted by molar-refractivity contribution is 5.57. The van der Waals surface area contributed by atoms with Gasteiger partial charge in [0.15, 0.2) is 11.5 Å². The minimum atomic E-state index is -4.57. The van der Waals surface area contributed by atoms with Crippen LogP contribution in [0.25, 0.3) is 11.4 Å². The molecule has 0 saturated carbocycles. The largest absolute Gasteiger partial charge is 0.433 e. The van der Waals surface area contributed by atoms with Gasteiger partial charge in [0.2, 0.25) is 0 Å². The average Bonchev–Trinajstić information content (AvgIpc) is 2.73. The molecule has 3 heterocycles. The van der Waals surface area contributed by atoms with Gasteiger partial charge in [0.1, 0.15) is 11.9 Å². The smallest absolute Gasteiger partial charge is 0.367 e. The first-order chi connectivity index (χ1) is 13.9. The second-order valence-corrected chi connectivity index (χ2v) is 6.92. The van der Waals surface area contributed by atoms with E-state index in [-0.39, 0.29) is 23.9 Å². The molecule has 5 nitrogen and oxygen atoms in total. The second kappa shape index (κ2) is 7.79. The molecule has 0 bridgehead atoms. The Bertz CT molecular complexity index is 967. The number of alkyl halides is 3. The van der Waals surface area contributed by atoms with Crippen molar-refractivity contribution in [1.82, 2.24) is 15.0 Å². The first-order valence-corrected chi connectivity index (χ1v) is 9.22. The lowest BCUT2D eigenvalue weighted by Gasteiger charge is -2.38. The van der Waals surface area contributed by atoms with Gasteiger partial charge in [-0.2, -0.15) is 13.2 Å². The fraction of sp³-hybridized carbons (Fsp3) is 0.286. The van der Waals surface area contributed by atoms with Crippen LogP contribution in [0.2, 0.25) is 0 Å². The van der Waals surface area contributed by atoms with Crippen molar-refractivity contribution in [3.05, 3.63) is 72.2 Å². The quantitative estimate of drug-likeness (QED) is 0.647. The first kappa shape index (κ1) is 19.3. The zero-order chi connectivity index (χ0) is 20.4. The third-order valence-electron chi connectivity index (χ3n) is 4.70. The number of halogens is 3. The molecule has 8 heteroatoms. The van der Waals surface area contributed by atoms with Crippen LogP contribution in [0.1, 0.15) is 24.3 Å². The van der Waals surface area contributed by atoms with E-state index in [4.69, 9.17) is 4.74 Å². The van der Waals surface area contributed by atoms with Gasteiger partial charge in [-0.15, -0.1) is 0 Å². The average molecular weight is 400 g/mol. The molecule has 2 unspecified atom stereocenters. The van der Waals surface area contributed by atoms with E-state index in [1.54, 1.807) is 12.1 Å². The Morgan fingerprint density at radius 2 is 1.72 bits per heavy atom. The third-order valence-corrected chi connectivity index (χ3v) is 4.70. The highest BCUT2D eigenvalue weighted by Gasteiger charge is 2.35. The van der Waals surface area contributed by atoms with Crippen LogP contribution in [0.3, 0.4) is 0 Å². The standard InChI is InChI=1S/C21H19F3N4O/c1-14-12-28(13-17(29-14)15-5-3-2-4-6-15)19-11-18(21(22,23)24)26-20(27-19)16-7-9-25-10-8-16/h2-11,14,17H,12-13H2,1H3. The molecule has 1 aliphatic rings. The summed E-state index contributed by atoms with van der Waals surface area (Å²) >= 11 is 0. The minimum absolute atomic E-state index is 0.0210. The fourth-order valence-corrected chi connectivity index (χ4v) is 3.36. The summed E-state index contributed by atoms with van der Waals surface area (Å²) in [6.45, 7) is 2.74. The van der Waals surface area contributed by atoms with Crippen LogP contribution in [-0.2, 0) is 10.9 Å². The molecule has 1 fully saturated rings. The van der Waals surface area contributed by atoms with E-state index in [2.05, 4.69) is 15.0 Å². The van der Waals surface area contributed by atoms with E-state index >= 15 is 0 Å². The van der Waals surface area contributed by atoms with Crippen molar-refractivity contribution >= 4 is 5.82 Å². The molecular weight excluding hydrogens is 381 g/mol. The maximum Gasteiger partial charge on any atom is 0.433 e. The molecule has 0 radical (unpaired) electrons. The highest BCUT2D eigenvalue weighted by atomic mass is 19.4. The number of morpholine rings is 1. The van der Waals surface area contributed by atoms with Gasteiger partial charge in [0, 0.05) is 37.1 Å². The van der Waals surface area contributed by atoms with Crippen LogP contribution in [0, 0.1) is 0 Å². The van der Waals surface area contributed by atoms with Crippen molar-refractivity contribution in [2.45, 2.75) is 25.3 Å². The summed E-state index contributed by atoms with van der Waals surface area (Å²) in [6, 6.07) is 13.8. The van der Waals surface area contributed by atoms with Crippen LogP contribution >= 0.6 is 0 Å². The predicted molar refractivity (Wildman–Crippen MR) is 102 cm³/mol. The van der Waals surface area contributed by atoms with Crippen LogP contribution < -0.4 is 4.90 Å². The lowest BCUT2D eigenvalue weighted by atomic mass is 10.1. The molecule has 2 atom stereocenters. The lowest BCUT2D eigenvalue weighted by molar-refractivity contribution is -0.141. The van der Waals surface area contributed by atoms with Gasteiger partial charge in [-0.05, 0) is 24.6 Å². The summed E-state index contributed by atoms with van der Waals surface area (Å²) in [4.78, 5) is 13.9. The molecule has 4 rings (SSSR count). The summed E-state index contributed by atoms with van der Waals surface area (Å²) in [5, 5.41) is 0. The lowest BCUT2D eigenvalue weighted by Crippen LogP contribution is -2.43. The summed E-state index contributed by atoms with van der Waals surface area (Å²) in [6.07, 6.45) is -1.99. The molecule has 0 spiro atoms. The number of hydrogen-bond acceptors (Lipinski definition) is 5. The second-order valence-electron chi connectivity index (χ2n) is 6.92. The molecule has 1 aromatic carbocycles. The molecule has 0 aliphatic carbocycles. The maximum atomic E-state index is 13.5. The Balaban J connectivity index is 1.73. The normalized spacial score (nSPS) is 19.9. The Kier molecular flexibility index (Phi) is 5.19. The van der Waals surface area contributed by atoms with Gasteiger partial charge >= 0.3 is 6.18 Å². The van der Waals surface area contributed by atoms with Crippen LogP contribution in [0.15, 0.2) is 60.9 Å². The number of hydrogen-bond donors (Lipinski definition) is 0. The van der Waals surface area contributed by atoms with E-state index in [0.717, 1.165) is 11.6 Å². The summed E-state index contributed by atoms with van der Waals surface area (Å²) in [7, 11) is 0. The number of nitrogens with zero attached hydrogens (tertiary/aromatic N) is 4. The number of pyridine rings is 1. The Hall–Kier alpha value is -3.00. The van der Waals surface area contributed by atoms with Gasteiger partial charge in [-0.25, -0.2) is 9.97 Å². The van der Waals surface area contributed by atoms with E-state index in [0.29, 0.717) is 18.7 Å². The Morgan fingerprint density at radius 1 is 1.00 bits per heavy atom. The molecule has 0 N–H and O–H groups in total. The summed E-state index contributed by atoms with van der Waals surface area (Å²) in [5.74, 6) is 0.253. The maximum absolute atomic E-state index is 13.5. The number of anilines is 1. The number of benzene rings is 1. The van der Waals surface area contributed by atoms with Crippen molar-refractivity contribution < 1.29 is 17.9 Å². The number of aromatic nitrogens is 3. The predicted octanol–water partition coefficient (Wildman–Crippen LogP) is 4.52. The van der Waals surface area contributed by atoms with E-state index < -0.39 is 11.9 Å². The van der Waals surface area contributed by atoms with Crippen molar-refractivity contribution in [3.8, 4) is 11.4 Å². The van der Waals surface area contributed by atoms with E-state index in [1.807, 2.05) is 42.2 Å². The zero-order valence-corrected chi connectivity index (χ0v) is 15.7. The van der Waals surface area contributed by atoms with Gasteiger partial charge in [0.25, 0.3) is 0 Å². The van der Waals surface area contributed by atoms with Gasteiger partial charge in [-0.3, -0.25) is 4.98 Å². The molecule has 150 valence electrons. The highest BCUT2D eigenvalue weighted by Crippen LogP contribution is 2.34. The van der Waals surface area contributed by atoms with Crippen molar-refractivity contribution in [2.24, 2.45) is 0 Å². The van der Waals surface area contributed by atoms with Gasteiger partial charge in [-0.1, -0.05) is 30.3 Å². The summed E-state index contributed by atoms with van der Waals surface area (Å²) < 4.78 is 46.5. The van der Waals surface area contributed by atoms with E-state index in [9.17, 15) is 13.2 Å². The SMILES string of the molecule is CC1CN(c2cc(C(F)(F)F)nc(-c3ccncc3)n2)CC(c2ccccc2)O1. The van der Waals surface area contributed by atoms with Crippen LogP contribution in [-0.4, -0.2) is 34.1 Å². The monoisotopic (exact) mass is 400 g/mol. The van der Waals surface area contributed by atoms with E-state index in [1.165, 1.54) is 12.4 Å². The van der Waals surface area contributed by atoms with Crippen molar-refractivity contribution in [1.29, 1.82) is 0 Å². The van der Waals surface area contributed by atoms with Gasteiger partial charge in [0.05, 0.1) is 6.10 Å². The molecule has 1 saturated heterocycles. The molecule has 3 aromatic rings. The Labute approximate surface area is 166 Å². The summed E-state index contributed by atoms with van der Waals surface area (Å²) in [5.41, 5.74) is 0.487. The Morgan fingerprint density at radius 3 is 2.41 bits per heavy atom. The van der Waals surface area contributed by atoms with Crippen molar-refractivity contribution in [3.63, 3.8) is 0 Å². The third kappa shape index (κ3) is 4.37.